The first-order valence-electron chi connectivity index (χ1n) is 10.1. The minimum atomic E-state index is -3.67. The highest BCUT2D eigenvalue weighted by atomic mass is 32.2. The van der Waals surface area contributed by atoms with Crippen LogP contribution in [0.4, 0.5) is 5.69 Å². The Morgan fingerprint density at radius 3 is 2.30 bits per heavy atom. The van der Waals surface area contributed by atoms with E-state index in [2.05, 4.69) is 10.6 Å². The van der Waals surface area contributed by atoms with Crippen LogP contribution < -0.4 is 10.6 Å². The molecule has 0 aliphatic carbocycles. The first-order valence-corrected chi connectivity index (χ1v) is 11.5. The second-order valence-corrected chi connectivity index (χ2v) is 9.74. The Morgan fingerprint density at radius 1 is 1.07 bits per heavy atom. The zero-order chi connectivity index (χ0) is 21.3. The Morgan fingerprint density at radius 2 is 1.73 bits per heavy atom. The topological polar surface area (TPSA) is 109 Å². The average Bonchev–Trinajstić information content (AvgIpc) is 3.22. The number of anilines is 1. The summed E-state index contributed by atoms with van der Waals surface area (Å²) in [6.07, 6.45) is 5.12. The minimum Gasteiger partial charge on any atom is -0.459 e. The zero-order valence-corrected chi connectivity index (χ0v) is 17.5. The minimum absolute atomic E-state index is 0.0912. The highest BCUT2D eigenvalue weighted by Crippen LogP contribution is 2.38. The third kappa shape index (κ3) is 4.13. The summed E-state index contributed by atoms with van der Waals surface area (Å²) in [5, 5.41) is 5.64. The average molecular weight is 432 g/mol. The largest absolute Gasteiger partial charge is 0.459 e. The second kappa shape index (κ2) is 8.23. The van der Waals surface area contributed by atoms with Crippen LogP contribution in [0.1, 0.15) is 49.6 Å². The number of hydrogen-bond acceptors (Lipinski definition) is 5. The summed E-state index contributed by atoms with van der Waals surface area (Å²) in [6, 6.07) is 9.13. The molecule has 0 unspecified atom stereocenters. The van der Waals surface area contributed by atoms with Crippen molar-refractivity contribution in [2.45, 2.75) is 62.0 Å². The van der Waals surface area contributed by atoms with Gasteiger partial charge in [0.2, 0.25) is 15.9 Å². The van der Waals surface area contributed by atoms with Crippen molar-refractivity contribution in [1.29, 1.82) is 0 Å². The zero-order valence-electron chi connectivity index (χ0n) is 16.7. The molecule has 3 heterocycles. The van der Waals surface area contributed by atoms with Gasteiger partial charge in [-0.1, -0.05) is 6.42 Å². The Balaban J connectivity index is 1.50. The maximum Gasteiger partial charge on any atom is 0.287 e. The van der Waals surface area contributed by atoms with Crippen molar-refractivity contribution in [3.05, 3.63) is 48.4 Å². The third-order valence-electron chi connectivity index (χ3n) is 5.74. The van der Waals surface area contributed by atoms with Gasteiger partial charge in [-0.2, -0.15) is 4.31 Å². The monoisotopic (exact) mass is 431 g/mol. The number of piperidine rings is 2. The van der Waals surface area contributed by atoms with Gasteiger partial charge in [-0.3, -0.25) is 9.59 Å². The summed E-state index contributed by atoms with van der Waals surface area (Å²) in [5.74, 6) is -0.221. The van der Waals surface area contributed by atoms with Crippen LogP contribution in [0.25, 0.3) is 0 Å². The number of fused-ring (bicyclic) bond motifs is 2. The molecule has 1 aromatic heterocycles. The van der Waals surface area contributed by atoms with Crippen molar-refractivity contribution < 1.29 is 22.4 Å². The normalized spacial score (nSPS) is 24.2. The van der Waals surface area contributed by atoms with Gasteiger partial charge in [0.25, 0.3) is 5.91 Å². The first kappa shape index (κ1) is 20.6. The fourth-order valence-electron chi connectivity index (χ4n) is 4.55. The van der Waals surface area contributed by atoms with Crippen LogP contribution in [0, 0.1) is 0 Å². The fraction of sp³-hybridized carbons (Fsp3) is 0.429. The predicted molar refractivity (Wildman–Crippen MR) is 110 cm³/mol. The number of carbonyl (C=O) groups excluding carboxylic acids is 2. The molecule has 30 heavy (non-hydrogen) atoms. The molecule has 9 heteroatoms. The van der Waals surface area contributed by atoms with Gasteiger partial charge in [-0.15, -0.1) is 0 Å². The summed E-state index contributed by atoms with van der Waals surface area (Å²) < 4.78 is 33.6. The molecule has 2 aliphatic rings. The lowest BCUT2D eigenvalue weighted by atomic mass is 9.84. The maximum absolute atomic E-state index is 13.4. The molecule has 2 aromatic rings. The van der Waals surface area contributed by atoms with Crippen molar-refractivity contribution in [1.82, 2.24) is 9.62 Å². The molecule has 0 saturated carbocycles. The molecule has 0 spiro atoms. The van der Waals surface area contributed by atoms with Crippen molar-refractivity contribution >= 4 is 27.5 Å². The molecule has 2 N–H and O–H groups in total. The van der Waals surface area contributed by atoms with Crippen LogP contribution in [0.5, 0.6) is 0 Å². The van der Waals surface area contributed by atoms with Crippen molar-refractivity contribution in [2.24, 2.45) is 0 Å². The molecule has 2 atom stereocenters. The molecule has 2 saturated heterocycles. The standard InChI is InChI=1S/C21H25N3O5S/c1-14(25)22-15-7-9-19(10-8-15)30(27,28)24-17-4-2-5-18(24)13-16(12-17)23-21(26)20-6-3-11-29-20/h3,6-11,16-18H,2,4-5,12-13H2,1H3,(H,22,25)(H,23,26)/t17-,18-/m1/s1. The summed E-state index contributed by atoms with van der Waals surface area (Å²) in [7, 11) is -3.67. The molecular weight excluding hydrogens is 406 g/mol. The molecule has 2 aliphatic heterocycles. The van der Waals surface area contributed by atoms with E-state index in [0.717, 1.165) is 19.3 Å². The van der Waals surface area contributed by atoms with Crippen LogP contribution in [-0.2, 0) is 14.8 Å². The van der Waals surface area contributed by atoms with Crippen molar-refractivity contribution in [2.75, 3.05) is 5.32 Å². The number of benzene rings is 1. The lowest BCUT2D eigenvalue weighted by Gasteiger charge is -2.47. The van der Waals surface area contributed by atoms with Crippen LogP contribution in [0.2, 0.25) is 0 Å². The number of sulfonamides is 1. The van der Waals surface area contributed by atoms with Gasteiger partial charge in [-0.25, -0.2) is 8.42 Å². The van der Waals surface area contributed by atoms with Gasteiger partial charge in [0, 0.05) is 30.7 Å². The number of rotatable bonds is 5. The fourth-order valence-corrected chi connectivity index (χ4v) is 6.44. The molecule has 0 radical (unpaired) electrons. The van der Waals surface area contributed by atoms with E-state index in [9.17, 15) is 18.0 Å². The SMILES string of the molecule is CC(=O)Nc1ccc(S(=O)(=O)N2[C@@H]3CCC[C@@H]2CC(NC(=O)c2ccco2)C3)cc1. The van der Waals surface area contributed by atoms with E-state index < -0.39 is 10.0 Å². The number of amides is 2. The van der Waals surface area contributed by atoms with Crippen LogP contribution in [0.3, 0.4) is 0 Å². The number of carbonyl (C=O) groups is 2. The summed E-state index contributed by atoms with van der Waals surface area (Å²) in [4.78, 5) is 23.7. The Hall–Kier alpha value is -2.65. The predicted octanol–water partition coefficient (Wildman–Crippen LogP) is 2.74. The first-order chi connectivity index (χ1) is 14.3. The second-order valence-electron chi connectivity index (χ2n) is 7.90. The molecule has 8 nitrogen and oxygen atoms in total. The van der Waals surface area contributed by atoms with Crippen LogP contribution >= 0.6 is 0 Å². The molecule has 1 aromatic carbocycles. The Kier molecular flexibility index (Phi) is 5.66. The molecular formula is C21H25N3O5S. The number of nitrogens with zero attached hydrogens (tertiary/aromatic N) is 1. The molecule has 2 fully saturated rings. The van der Waals surface area contributed by atoms with Gasteiger partial charge in [-0.05, 0) is 62.1 Å². The van der Waals surface area contributed by atoms with Crippen molar-refractivity contribution in [3.8, 4) is 0 Å². The van der Waals surface area contributed by atoms with E-state index in [1.807, 2.05) is 0 Å². The lowest BCUT2D eigenvalue weighted by Crippen LogP contribution is -2.58. The number of hydrogen-bond donors (Lipinski definition) is 2. The van der Waals surface area contributed by atoms with E-state index in [1.54, 1.807) is 28.6 Å². The van der Waals surface area contributed by atoms with E-state index in [1.165, 1.54) is 25.3 Å². The number of furan rings is 1. The summed E-state index contributed by atoms with van der Waals surface area (Å²) in [5.41, 5.74) is 0.556. The summed E-state index contributed by atoms with van der Waals surface area (Å²) in [6.45, 7) is 1.40. The summed E-state index contributed by atoms with van der Waals surface area (Å²) >= 11 is 0. The van der Waals surface area contributed by atoms with Gasteiger partial charge in [0.15, 0.2) is 5.76 Å². The molecule has 2 bridgehead atoms. The van der Waals surface area contributed by atoms with Gasteiger partial charge < -0.3 is 15.1 Å². The molecule has 4 rings (SSSR count). The van der Waals surface area contributed by atoms with Crippen LogP contribution in [-0.4, -0.2) is 42.7 Å². The van der Waals surface area contributed by atoms with E-state index in [-0.39, 0.29) is 40.6 Å². The Bertz CT molecular complexity index is 1000. The molecule has 160 valence electrons. The van der Waals surface area contributed by atoms with Crippen molar-refractivity contribution in [3.63, 3.8) is 0 Å². The highest BCUT2D eigenvalue weighted by Gasteiger charge is 2.45. The Labute approximate surface area is 175 Å². The van der Waals surface area contributed by atoms with Gasteiger partial charge in [0.05, 0.1) is 11.2 Å². The maximum atomic E-state index is 13.4. The lowest BCUT2D eigenvalue weighted by molar-refractivity contribution is -0.114. The quantitative estimate of drug-likeness (QED) is 0.757. The number of nitrogens with one attached hydrogen (secondary N) is 2. The highest BCUT2D eigenvalue weighted by molar-refractivity contribution is 7.89. The van der Waals surface area contributed by atoms with E-state index in [0.29, 0.717) is 18.5 Å². The molecule has 2 amide bonds. The van der Waals surface area contributed by atoms with Gasteiger partial charge >= 0.3 is 0 Å². The van der Waals surface area contributed by atoms with Gasteiger partial charge in [0.1, 0.15) is 0 Å². The van der Waals surface area contributed by atoms with E-state index >= 15 is 0 Å². The smallest absolute Gasteiger partial charge is 0.287 e. The van der Waals surface area contributed by atoms with Crippen LogP contribution in [0.15, 0.2) is 52.0 Å². The third-order valence-corrected chi connectivity index (χ3v) is 7.76. The van der Waals surface area contributed by atoms with E-state index in [4.69, 9.17) is 4.42 Å².